The number of urea groups is 1. The highest BCUT2D eigenvalue weighted by molar-refractivity contribution is 6.40. The second-order valence-corrected chi connectivity index (χ2v) is 4.38. The van der Waals surface area contributed by atoms with E-state index in [4.69, 9.17) is 28.3 Å². The topological polar surface area (TPSA) is 69.6 Å². The third-order valence-electron chi connectivity index (χ3n) is 2.34. The van der Waals surface area contributed by atoms with Gasteiger partial charge in [-0.25, -0.2) is 9.59 Å². The van der Waals surface area contributed by atoms with Gasteiger partial charge in [0.05, 0.1) is 21.3 Å². The van der Waals surface area contributed by atoms with E-state index in [9.17, 15) is 9.59 Å². The average molecular weight is 291 g/mol. The van der Waals surface area contributed by atoms with Crippen molar-refractivity contribution >= 4 is 40.9 Å². The Hall–Kier alpha value is -1.46. The molecule has 0 bridgehead atoms. The van der Waals surface area contributed by atoms with Gasteiger partial charge < -0.3 is 15.3 Å². The van der Waals surface area contributed by atoms with Gasteiger partial charge in [-0.3, -0.25) is 0 Å². The second-order valence-electron chi connectivity index (χ2n) is 3.56. The molecule has 0 spiro atoms. The van der Waals surface area contributed by atoms with Gasteiger partial charge >= 0.3 is 12.0 Å². The van der Waals surface area contributed by atoms with Crippen LogP contribution in [0, 0.1) is 0 Å². The summed E-state index contributed by atoms with van der Waals surface area (Å²) in [7, 11) is 1.61. The lowest BCUT2D eigenvalue weighted by Crippen LogP contribution is -2.31. The third kappa shape index (κ3) is 3.27. The fraction of sp³-hybridized carbons (Fsp3) is 0.273. The molecule has 0 unspecified atom stereocenters. The monoisotopic (exact) mass is 290 g/mol. The van der Waals surface area contributed by atoms with E-state index in [1.807, 2.05) is 6.92 Å². The van der Waals surface area contributed by atoms with Crippen molar-refractivity contribution in [2.24, 2.45) is 0 Å². The number of halogens is 2. The highest BCUT2D eigenvalue weighted by Crippen LogP contribution is 2.32. The van der Waals surface area contributed by atoms with Crippen LogP contribution >= 0.6 is 23.2 Å². The molecule has 98 valence electrons. The Labute approximate surface area is 114 Å². The Balaban J connectivity index is 3.04. The van der Waals surface area contributed by atoms with Crippen LogP contribution in [0.2, 0.25) is 10.0 Å². The van der Waals surface area contributed by atoms with Crippen molar-refractivity contribution in [1.82, 2.24) is 4.90 Å². The minimum Gasteiger partial charge on any atom is -0.478 e. The van der Waals surface area contributed by atoms with Gasteiger partial charge in [-0.2, -0.15) is 0 Å². The number of benzene rings is 1. The van der Waals surface area contributed by atoms with Crippen LogP contribution in [0.5, 0.6) is 0 Å². The van der Waals surface area contributed by atoms with Crippen LogP contribution in [0.15, 0.2) is 12.1 Å². The number of hydrogen-bond acceptors (Lipinski definition) is 2. The standard InChI is InChI=1S/C11H12Cl2N2O3/c1-3-15(2)11(18)14-9-7(12)4-6(10(16)17)5-8(9)13/h4-5H,3H2,1-2H3,(H,14,18)(H,16,17). The summed E-state index contributed by atoms with van der Waals surface area (Å²) in [6, 6.07) is 2.10. The molecule has 1 rings (SSSR count). The van der Waals surface area contributed by atoms with E-state index in [2.05, 4.69) is 5.32 Å². The summed E-state index contributed by atoms with van der Waals surface area (Å²) in [5.74, 6) is -1.14. The van der Waals surface area contributed by atoms with Gasteiger partial charge in [0.1, 0.15) is 0 Å². The number of nitrogens with zero attached hydrogens (tertiary/aromatic N) is 1. The first-order valence-electron chi connectivity index (χ1n) is 5.11. The Kier molecular flexibility index (Phi) is 4.81. The minimum absolute atomic E-state index is 0.0353. The Morgan fingerprint density at radius 2 is 1.83 bits per heavy atom. The van der Waals surface area contributed by atoms with Crippen LogP contribution in [0.25, 0.3) is 0 Å². The van der Waals surface area contributed by atoms with Crippen molar-refractivity contribution < 1.29 is 14.7 Å². The van der Waals surface area contributed by atoms with Gasteiger partial charge in [0.15, 0.2) is 0 Å². The maximum absolute atomic E-state index is 11.6. The molecule has 0 radical (unpaired) electrons. The summed E-state index contributed by atoms with van der Waals surface area (Å²) in [5, 5.41) is 11.5. The number of amides is 2. The summed E-state index contributed by atoms with van der Waals surface area (Å²) in [6.07, 6.45) is 0. The zero-order chi connectivity index (χ0) is 13.9. The number of rotatable bonds is 3. The number of carboxylic acids is 1. The maximum Gasteiger partial charge on any atom is 0.335 e. The van der Waals surface area contributed by atoms with Gasteiger partial charge in [-0.05, 0) is 19.1 Å². The van der Waals surface area contributed by atoms with Crippen molar-refractivity contribution in [2.45, 2.75) is 6.92 Å². The molecule has 0 aliphatic carbocycles. The largest absolute Gasteiger partial charge is 0.478 e. The highest BCUT2D eigenvalue weighted by atomic mass is 35.5. The van der Waals surface area contributed by atoms with E-state index in [-0.39, 0.29) is 27.3 Å². The molecule has 2 N–H and O–H groups in total. The zero-order valence-corrected chi connectivity index (χ0v) is 11.3. The molecular weight excluding hydrogens is 279 g/mol. The molecule has 0 saturated heterocycles. The second kappa shape index (κ2) is 5.93. The third-order valence-corrected chi connectivity index (χ3v) is 2.94. The minimum atomic E-state index is -1.14. The number of nitrogens with one attached hydrogen (secondary N) is 1. The van der Waals surface area contributed by atoms with Crippen molar-refractivity contribution in [1.29, 1.82) is 0 Å². The molecule has 0 fully saturated rings. The highest BCUT2D eigenvalue weighted by Gasteiger charge is 2.15. The van der Waals surface area contributed by atoms with E-state index < -0.39 is 5.97 Å². The van der Waals surface area contributed by atoms with Crippen LogP contribution < -0.4 is 5.32 Å². The summed E-state index contributed by atoms with van der Waals surface area (Å²) in [6.45, 7) is 2.34. The molecule has 0 atom stereocenters. The molecule has 2 amide bonds. The van der Waals surface area contributed by atoms with Gasteiger partial charge in [-0.1, -0.05) is 23.2 Å². The molecule has 0 heterocycles. The average Bonchev–Trinajstić information content (AvgIpc) is 2.31. The summed E-state index contributed by atoms with van der Waals surface area (Å²) in [4.78, 5) is 23.9. The predicted octanol–water partition coefficient (Wildman–Crippen LogP) is 3.18. The van der Waals surface area contributed by atoms with Gasteiger partial charge in [-0.15, -0.1) is 0 Å². The van der Waals surface area contributed by atoms with Gasteiger partial charge in [0.2, 0.25) is 0 Å². The smallest absolute Gasteiger partial charge is 0.335 e. The lowest BCUT2D eigenvalue weighted by Gasteiger charge is -2.17. The molecule has 5 nitrogen and oxygen atoms in total. The van der Waals surface area contributed by atoms with E-state index in [0.717, 1.165) is 0 Å². The number of hydrogen-bond donors (Lipinski definition) is 2. The molecule has 0 aliphatic rings. The number of aromatic carboxylic acids is 1. The molecule has 18 heavy (non-hydrogen) atoms. The van der Waals surface area contributed by atoms with Crippen molar-refractivity contribution in [2.75, 3.05) is 18.9 Å². The molecule has 7 heteroatoms. The van der Waals surface area contributed by atoms with E-state index >= 15 is 0 Å². The van der Waals surface area contributed by atoms with E-state index in [0.29, 0.717) is 6.54 Å². The normalized spacial score (nSPS) is 10.0. The van der Waals surface area contributed by atoms with Gasteiger partial charge in [0.25, 0.3) is 0 Å². The zero-order valence-electron chi connectivity index (χ0n) is 9.83. The molecule has 1 aromatic rings. The number of carbonyl (C=O) groups excluding carboxylic acids is 1. The fourth-order valence-corrected chi connectivity index (χ4v) is 1.74. The van der Waals surface area contributed by atoms with E-state index in [1.54, 1.807) is 7.05 Å². The van der Waals surface area contributed by atoms with Crippen LogP contribution in [0.3, 0.4) is 0 Å². The van der Waals surface area contributed by atoms with Crippen LogP contribution in [-0.2, 0) is 0 Å². The van der Waals surface area contributed by atoms with Crippen molar-refractivity contribution in [3.8, 4) is 0 Å². The number of anilines is 1. The Morgan fingerprint density at radius 1 is 1.33 bits per heavy atom. The van der Waals surface area contributed by atoms with Crippen LogP contribution in [0.1, 0.15) is 17.3 Å². The Morgan fingerprint density at radius 3 is 2.22 bits per heavy atom. The van der Waals surface area contributed by atoms with E-state index in [1.165, 1.54) is 17.0 Å². The molecule has 0 aromatic heterocycles. The lowest BCUT2D eigenvalue weighted by molar-refractivity contribution is 0.0697. The Bertz CT molecular complexity index is 468. The van der Waals surface area contributed by atoms with Crippen LogP contribution in [0.4, 0.5) is 10.5 Å². The summed E-state index contributed by atoms with van der Waals surface area (Å²) in [5.41, 5.74) is 0.167. The fourth-order valence-electron chi connectivity index (χ4n) is 1.16. The first-order chi connectivity index (χ1) is 8.36. The number of carbonyl (C=O) groups is 2. The summed E-state index contributed by atoms with van der Waals surface area (Å²) < 4.78 is 0. The molecular formula is C11H12Cl2N2O3. The van der Waals surface area contributed by atoms with Gasteiger partial charge in [0, 0.05) is 13.6 Å². The molecule has 0 aliphatic heterocycles. The quantitative estimate of drug-likeness (QED) is 0.898. The SMILES string of the molecule is CCN(C)C(=O)Nc1c(Cl)cc(C(=O)O)cc1Cl. The maximum atomic E-state index is 11.6. The molecule has 1 aromatic carbocycles. The number of carboxylic acid groups (broad SMARTS) is 1. The van der Waals surface area contributed by atoms with Crippen LogP contribution in [-0.4, -0.2) is 35.6 Å². The lowest BCUT2D eigenvalue weighted by atomic mass is 10.2. The summed E-state index contributed by atoms with van der Waals surface area (Å²) >= 11 is 11.8. The van der Waals surface area contributed by atoms with Crippen molar-refractivity contribution in [3.05, 3.63) is 27.7 Å². The molecule has 0 saturated carbocycles. The predicted molar refractivity (Wildman–Crippen MR) is 70.7 cm³/mol. The van der Waals surface area contributed by atoms with Crippen molar-refractivity contribution in [3.63, 3.8) is 0 Å². The first-order valence-corrected chi connectivity index (χ1v) is 5.86. The first kappa shape index (κ1) is 14.6.